The zero-order chi connectivity index (χ0) is 24.0. The summed E-state index contributed by atoms with van der Waals surface area (Å²) in [6, 6.07) is 23.8. The van der Waals surface area contributed by atoms with Crippen molar-refractivity contribution in [3.05, 3.63) is 96.8 Å². The molecule has 0 unspecified atom stereocenters. The van der Waals surface area contributed by atoms with E-state index >= 15 is 0 Å². The highest BCUT2D eigenvalue weighted by Crippen LogP contribution is 2.30. The van der Waals surface area contributed by atoms with Gasteiger partial charge in [-0.3, -0.25) is 9.71 Å². The molecule has 0 fully saturated rings. The fourth-order valence-electron chi connectivity index (χ4n) is 3.33. The van der Waals surface area contributed by atoms with Crippen LogP contribution in [0.15, 0.2) is 96.2 Å². The molecule has 0 bridgehead atoms. The molecule has 0 saturated heterocycles. The highest BCUT2D eigenvalue weighted by atomic mass is 32.2. The second-order valence-corrected chi connectivity index (χ2v) is 9.03. The second-order valence-electron chi connectivity index (χ2n) is 7.38. The molecule has 0 radical (unpaired) electrons. The maximum Gasteiger partial charge on any atom is 0.265 e. The number of sulfonamides is 1. The third-order valence-corrected chi connectivity index (χ3v) is 6.49. The first kappa shape index (κ1) is 23.1. The monoisotopic (exact) mass is 476 g/mol. The first-order valence-corrected chi connectivity index (χ1v) is 11.9. The van der Waals surface area contributed by atoms with Gasteiger partial charge in [0.2, 0.25) is 0 Å². The Labute approximate surface area is 199 Å². The van der Waals surface area contributed by atoms with E-state index in [1.165, 1.54) is 26.5 Å². The number of hydrogen-bond donors (Lipinski definition) is 1. The number of para-hydroxylation sites is 1. The van der Waals surface area contributed by atoms with Gasteiger partial charge in [0.05, 0.1) is 26.1 Å². The predicted molar refractivity (Wildman–Crippen MR) is 131 cm³/mol. The molecule has 1 aromatic heterocycles. The third kappa shape index (κ3) is 5.47. The van der Waals surface area contributed by atoms with Gasteiger partial charge in [-0.05, 0) is 41.5 Å². The highest BCUT2D eigenvalue weighted by molar-refractivity contribution is 7.92. The Hall–Kier alpha value is -4.04. The molecule has 174 valence electrons. The minimum absolute atomic E-state index is 0.0254. The summed E-state index contributed by atoms with van der Waals surface area (Å²) in [5, 5.41) is 0. The number of aromatic nitrogens is 1. The Morgan fingerprint density at radius 2 is 1.56 bits per heavy atom. The Morgan fingerprint density at radius 3 is 2.26 bits per heavy atom. The number of nitrogens with zero attached hydrogens (tertiary/aromatic N) is 1. The van der Waals surface area contributed by atoms with Crippen LogP contribution in [-0.2, 0) is 16.6 Å². The lowest BCUT2D eigenvalue weighted by Gasteiger charge is -2.13. The van der Waals surface area contributed by atoms with Gasteiger partial charge in [0, 0.05) is 17.8 Å². The van der Waals surface area contributed by atoms with Gasteiger partial charge in [-0.2, -0.15) is 0 Å². The summed E-state index contributed by atoms with van der Waals surface area (Å²) < 4.78 is 44.8. The first-order valence-electron chi connectivity index (χ1n) is 10.5. The average molecular weight is 477 g/mol. The van der Waals surface area contributed by atoms with Crippen molar-refractivity contribution in [2.24, 2.45) is 0 Å². The quantitative estimate of drug-likeness (QED) is 0.360. The lowest BCUT2D eigenvalue weighted by atomic mass is 10.1. The Morgan fingerprint density at radius 1 is 0.794 bits per heavy atom. The van der Waals surface area contributed by atoms with E-state index in [9.17, 15) is 8.42 Å². The molecule has 0 spiro atoms. The number of pyridine rings is 1. The fourth-order valence-corrected chi connectivity index (χ4v) is 4.55. The average Bonchev–Trinajstić information content (AvgIpc) is 2.88. The Balaban J connectivity index is 1.51. The van der Waals surface area contributed by atoms with Crippen LogP contribution in [0.4, 0.5) is 5.69 Å². The van der Waals surface area contributed by atoms with E-state index in [0.29, 0.717) is 18.0 Å². The summed E-state index contributed by atoms with van der Waals surface area (Å²) in [7, 11) is -1.06. The van der Waals surface area contributed by atoms with Crippen molar-refractivity contribution in [3.63, 3.8) is 0 Å². The second kappa shape index (κ2) is 10.3. The van der Waals surface area contributed by atoms with Crippen LogP contribution in [0.3, 0.4) is 0 Å². The van der Waals surface area contributed by atoms with Crippen LogP contribution in [0.2, 0.25) is 0 Å². The summed E-state index contributed by atoms with van der Waals surface area (Å²) in [5.41, 5.74) is 3.02. The molecular formula is C26H24N2O5S. The molecule has 7 nitrogen and oxygen atoms in total. The van der Waals surface area contributed by atoms with Crippen molar-refractivity contribution < 1.29 is 22.6 Å². The van der Waals surface area contributed by atoms with Crippen molar-refractivity contribution in [3.8, 4) is 28.4 Å². The zero-order valence-electron chi connectivity index (χ0n) is 18.8. The number of nitrogens with one attached hydrogen (secondary N) is 1. The smallest absolute Gasteiger partial charge is 0.265 e. The molecule has 4 rings (SSSR count). The van der Waals surface area contributed by atoms with Crippen LogP contribution < -0.4 is 18.9 Å². The van der Waals surface area contributed by atoms with E-state index in [-0.39, 0.29) is 10.6 Å². The highest BCUT2D eigenvalue weighted by Gasteiger charge is 2.21. The number of ether oxygens (including phenoxy) is 3. The molecule has 8 heteroatoms. The van der Waals surface area contributed by atoms with Crippen LogP contribution >= 0.6 is 0 Å². The molecule has 0 aliphatic heterocycles. The van der Waals surface area contributed by atoms with Crippen LogP contribution in [0.1, 0.15) is 5.56 Å². The fraction of sp³-hybridized carbons (Fsp3) is 0.115. The van der Waals surface area contributed by atoms with Gasteiger partial charge in [0.15, 0.2) is 0 Å². The first-order chi connectivity index (χ1) is 16.5. The number of methoxy groups -OCH3 is 2. The summed E-state index contributed by atoms with van der Waals surface area (Å²) in [6.45, 7) is 0.449. The van der Waals surface area contributed by atoms with Crippen LogP contribution in [0.5, 0.6) is 17.2 Å². The number of benzene rings is 3. The summed E-state index contributed by atoms with van der Waals surface area (Å²) in [5.74, 6) is 1.43. The van der Waals surface area contributed by atoms with Crippen molar-refractivity contribution >= 4 is 15.7 Å². The molecule has 34 heavy (non-hydrogen) atoms. The molecule has 0 atom stereocenters. The summed E-state index contributed by atoms with van der Waals surface area (Å²) in [4.78, 5) is 4.18. The molecule has 1 N–H and O–H groups in total. The van der Waals surface area contributed by atoms with E-state index in [4.69, 9.17) is 14.2 Å². The third-order valence-electron chi connectivity index (χ3n) is 5.09. The van der Waals surface area contributed by atoms with Crippen molar-refractivity contribution in [2.45, 2.75) is 11.5 Å². The van der Waals surface area contributed by atoms with Gasteiger partial charge < -0.3 is 14.2 Å². The minimum Gasteiger partial charge on any atom is -0.497 e. The van der Waals surface area contributed by atoms with Crippen LogP contribution in [-0.4, -0.2) is 27.6 Å². The zero-order valence-corrected chi connectivity index (χ0v) is 19.6. The number of anilines is 1. The summed E-state index contributed by atoms with van der Waals surface area (Å²) in [6.07, 6.45) is 3.13. The maximum absolute atomic E-state index is 13.0. The normalized spacial score (nSPS) is 11.0. The molecule has 0 aliphatic carbocycles. The van der Waals surface area contributed by atoms with Crippen molar-refractivity contribution in [1.82, 2.24) is 4.98 Å². The van der Waals surface area contributed by atoms with E-state index in [0.717, 1.165) is 22.4 Å². The van der Waals surface area contributed by atoms with Gasteiger partial charge in [-0.25, -0.2) is 8.42 Å². The van der Waals surface area contributed by atoms with Gasteiger partial charge in [0.1, 0.15) is 28.8 Å². The largest absolute Gasteiger partial charge is 0.497 e. The molecule has 3 aromatic carbocycles. The minimum atomic E-state index is -3.94. The molecule has 0 aliphatic rings. The van der Waals surface area contributed by atoms with E-state index < -0.39 is 10.0 Å². The maximum atomic E-state index is 13.0. The Bertz CT molecular complexity index is 1360. The van der Waals surface area contributed by atoms with Gasteiger partial charge in [-0.15, -0.1) is 0 Å². The van der Waals surface area contributed by atoms with Crippen molar-refractivity contribution in [1.29, 1.82) is 0 Å². The predicted octanol–water partition coefficient (Wildman–Crippen LogP) is 5.15. The topological polar surface area (TPSA) is 86.8 Å². The van der Waals surface area contributed by atoms with Gasteiger partial charge in [0.25, 0.3) is 10.0 Å². The number of hydrogen-bond acceptors (Lipinski definition) is 6. The molecule has 0 saturated carbocycles. The SMILES string of the molecule is COc1ccc(OC)c(S(=O)(=O)Nc2cncc(-c3ccc(COc4ccccc4)cc3)c2)c1. The molecular weight excluding hydrogens is 452 g/mol. The summed E-state index contributed by atoms with van der Waals surface area (Å²) >= 11 is 0. The molecule has 4 aromatic rings. The van der Waals surface area contributed by atoms with Gasteiger partial charge in [-0.1, -0.05) is 42.5 Å². The van der Waals surface area contributed by atoms with Crippen LogP contribution in [0, 0.1) is 0 Å². The Kier molecular flexibility index (Phi) is 6.98. The van der Waals surface area contributed by atoms with E-state index in [1.807, 2.05) is 54.6 Å². The molecule has 0 amide bonds. The van der Waals surface area contributed by atoms with Crippen molar-refractivity contribution in [2.75, 3.05) is 18.9 Å². The standard InChI is InChI=1S/C26H24N2O5S/c1-31-24-12-13-25(32-2)26(15-24)34(29,30)28-22-14-21(16-27-17-22)20-10-8-19(9-11-20)18-33-23-6-4-3-5-7-23/h3-17,28H,18H2,1-2H3. The van der Waals surface area contributed by atoms with Gasteiger partial charge >= 0.3 is 0 Å². The van der Waals surface area contributed by atoms with E-state index in [2.05, 4.69) is 9.71 Å². The molecule has 1 heterocycles. The lowest BCUT2D eigenvalue weighted by Crippen LogP contribution is -2.14. The lowest BCUT2D eigenvalue weighted by molar-refractivity contribution is 0.306. The van der Waals surface area contributed by atoms with E-state index in [1.54, 1.807) is 24.4 Å². The van der Waals surface area contributed by atoms with Crippen LogP contribution in [0.25, 0.3) is 11.1 Å². The number of rotatable bonds is 9.